The second kappa shape index (κ2) is 25.0. The van der Waals surface area contributed by atoms with E-state index in [-0.39, 0.29) is 0 Å². The Hall–Kier alpha value is -0.0400. The van der Waals surface area contributed by atoms with Crippen LogP contribution in [0.1, 0.15) is 156 Å². The van der Waals surface area contributed by atoms with Crippen LogP contribution in [-0.2, 0) is 0 Å². The largest absolute Gasteiger partial charge is 0.303 e. The Morgan fingerprint density at radius 3 is 0.750 bits per heavy atom. The molecule has 0 fully saturated rings. The molecule has 0 N–H and O–H groups in total. The molecule has 0 aliphatic carbocycles. The minimum Gasteiger partial charge on any atom is -0.303 e. The molecule has 0 heterocycles. The minimum absolute atomic E-state index is 1.36. The lowest BCUT2D eigenvalue weighted by Gasteiger charge is -2.22. The van der Waals surface area contributed by atoms with Crippen LogP contribution in [0.25, 0.3) is 0 Å². The lowest BCUT2D eigenvalue weighted by molar-refractivity contribution is 0.254. The summed E-state index contributed by atoms with van der Waals surface area (Å²) in [6.45, 7) is 11.0. The quantitative estimate of drug-likeness (QED) is 0.147. The molecule has 0 atom stereocenters. The zero-order valence-corrected chi connectivity index (χ0v) is 20.4. The first-order valence-electron chi connectivity index (χ1n) is 13.6. The van der Waals surface area contributed by atoms with Gasteiger partial charge in [0.2, 0.25) is 0 Å². The van der Waals surface area contributed by atoms with Crippen molar-refractivity contribution >= 4 is 0 Å². The molecule has 0 aliphatic rings. The van der Waals surface area contributed by atoms with Crippen LogP contribution in [0.2, 0.25) is 0 Å². The monoisotopic (exact) mass is 395 g/mol. The van der Waals surface area contributed by atoms with Gasteiger partial charge in [-0.3, -0.25) is 0 Å². The van der Waals surface area contributed by atoms with Gasteiger partial charge in [0, 0.05) is 0 Å². The fourth-order valence-corrected chi connectivity index (χ4v) is 4.21. The average Bonchev–Trinajstić information content (AvgIpc) is 2.71. The fraction of sp³-hybridized carbons (Fsp3) is 1.00. The fourth-order valence-electron chi connectivity index (χ4n) is 4.21. The van der Waals surface area contributed by atoms with Crippen molar-refractivity contribution < 1.29 is 0 Å². The molecule has 0 aromatic rings. The molecule has 0 aromatic carbocycles. The molecule has 0 rings (SSSR count). The van der Waals surface area contributed by atoms with Gasteiger partial charge in [0.25, 0.3) is 0 Å². The van der Waals surface area contributed by atoms with Crippen molar-refractivity contribution in [2.24, 2.45) is 0 Å². The predicted molar refractivity (Wildman–Crippen MR) is 130 cm³/mol. The van der Waals surface area contributed by atoms with Crippen LogP contribution in [0.5, 0.6) is 0 Å². The van der Waals surface area contributed by atoms with E-state index in [0.29, 0.717) is 0 Å². The van der Waals surface area contributed by atoms with Crippen molar-refractivity contribution in [3.8, 4) is 0 Å². The second-order valence-electron chi connectivity index (χ2n) is 9.21. The van der Waals surface area contributed by atoms with Gasteiger partial charge >= 0.3 is 0 Å². The van der Waals surface area contributed by atoms with E-state index < -0.39 is 0 Å². The zero-order valence-electron chi connectivity index (χ0n) is 20.4. The third-order valence-electron chi connectivity index (χ3n) is 6.23. The molecule has 28 heavy (non-hydrogen) atoms. The van der Waals surface area contributed by atoms with Gasteiger partial charge in [-0.1, -0.05) is 136 Å². The van der Waals surface area contributed by atoms with E-state index in [1.54, 1.807) is 0 Å². The Morgan fingerprint density at radius 2 is 0.500 bits per heavy atom. The van der Waals surface area contributed by atoms with Crippen molar-refractivity contribution in [2.75, 3.05) is 19.6 Å². The summed E-state index contributed by atoms with van der Waals surface area (Å²) in [5.74, 6) is 0. The summed E-state index contributed by atoms with van der Waals surface area (Å²) in [4.78, 5) is 2.81. The number of hydrogen-bond donors (Lipinski definition) is 0. The Bertz CT molecular complexity index is 247. The molecule has 0 aromatic heterocycles. The summed E-state index contributed by atoms with van der Waals surface area (Å²) in [5, 5.41) is 0. The molecule has 0 bridgehead atoms. The van der Waals surface area contributed by atoms with Crippen LogP contribution in [0.3, 0.4) is 0 Å². The number of hydrogen-bond acceptors (Lipinski definition) is 1. The van der Waals surface area contributed by atoms with Crippen molar-refractivity contribution in [2.45, 2.75) is 156 Å². The van der Waals surface area contributed by atoms with Crippen LogP contribution in [-0.4, -0.2) is 24.5 Å². The van der Waals surface area contributed by atoms with Gasteiger partial charge in [0.15, 0.2) is 0 Å². The van der Waals surface area contributed by atoms with E-state index in [4.69, 9.17) is 0 Å². The smallest absolute Gasteiger partial charge is 0.00187 e. The van der Waals surface area contributed by atoms with Crippen molar-refractivity contribution in [3.63, 3.8) is 0 Å². The maximum Gasteiger partial charge on any atom is -0.00187 e. The maximum absolute atomic E-state index is 2.81. The first-order chi connectivity index (χ1) is 13.8. The molecule has 0 saturated heterocycles. The molecular weight excluding hydrogens is 338 g/mol. The van der Waals surface area contributed by atoms with E-state index in [1.807, 2.05) is 0 Å². The molecule has 170 valence electrons. The highest BCUT2D eigenvalue weighted by Gasteiger charge is 2.05. The number of nitrogens with zero attached hydrogens (tertiary/aromatic N) is 1. The third kappa shape index (κ3) is 22.3. The highest BCUT2D eigenvalue weighted by molar-refractivity contribution is 4.60. The normalized spacial score (nSPS) is 11.6. The molecule has 0 amide bonds. The van der Waals surface area contributed by atoms with E-state index >= 15 is 0 Å². The molecule has 0 spiro atoms. The third-order valence-corrected chi connectivity index (χ3v) is 6.23. The average molecular weight is 396 g/mol. The van der Waals surface area contributed by atoms with Crippen LogP contribution in [0.4, 0.5) is 0 Å². The summed E-state index contributed by atoms with van der Waals surface area (Å²) in [6, 6.07) is 0. The van der Waals surface area contributed by atoms with Crippen LogP contribution in [0.15, 0.2) is 0 Å². The highest BCUT2D eigenvalue weighted by Crippen LogP contribution is 2.12. The predicted octanol–water partition coefficient (Wildman–Crippen LogP) is 9.54. The van der Waals surface area contributed by atoms with Gasteiger partial charge in [-0.05, 0) is 38.9 Å². The summed E-state index contributed by atoms with van der Waals surface area (Å²) in [7, 11) is 0. The van der Waals surface area contributed by atoms with E-state index in [9.17, 15) is 0 Å². The second-order valence-corrected chi connectivity index (χ2v) is 9.21. The summed E-state index contributed by atoms with van der Waals surface area (Å²) in [5.41, 5.74) is 0. The van der Waals surface area contributed by atoms with Gasteiger partial charge < -0.3 is 4.90 Å². The molecule has 1 heteroatoms. The van der Waals surface area contributed by atoms with Crippen LogP contribution >= 0.6 is 0 Å². The first kappa shape index (κ1) is 28.0. The van der Waals surface area contributed by atoms with Crippen LogP contribution < -0.4 is 0 Å². The van der Waals surface area contributed by atoms with Gasteiger partial charge in [-0.25, -0.2) is 0 Å². The standard InChI is InChI=1S/C27H57N/c1-4-7-10-13-16-17-18-21-24-27-28(25-22-19-14-11-8-5-2)26-23-20-15-12-9-6-3/h4-27H2,1-3H3. The van der Waals surface area contributed by atoms with Crippen LogP contribution in [0, 0.1) is 0 Å². The maximum atomic E-state index is 2.81. The summed E-state index contributed by atoms with van der Waals surface area (Å²) >= 11 is 0. The molecule has 0 aliphatic heterocycles. The molecular formula is C27H57N. The van der Waals surface area contributed by atoms with Crippen molar-refractivity contribution in [1.82, 2.24) is 4.90 Å². The lowest BCUT2D eigenvalue weighted by Crippen LogP contribution is -2.27. The van der Waals surface area contributed by atoms with Gasteiger partial charge in [0.1, 0.15) is 0 Å². The lowest BCUT2D eigenvalue weighted by atomic mass is 10.1. The SMILES string of the molecule is CCCCCCCCCCCN(CCCCCCCC)CCCCCCCC. The number of rotatable bonds is 24. The minimum atomic E-state index is 1.36. The van der Waals surface area contributed by atoms with Gasteiger partial charge in [-0.15, -0.1) is 0 Å². The van der Waals surface area contributed by atoms with E-state index in [1.165, 1.54) is 154 Å². The summed E-state index contributed by atoms with van der Waals surface area (Å²) < 4.78 is 0. The highest BCUT2D eigenvalue weighted by atomic mass is 15.1. The van der Waals surface area contributed by atoms with Crippen molar-refractivity contribution in [1.29, 1.82) is 0 Å². The van der Waals surface area contributed by atoms with E-state index in [0.717, 1.165) is 0 Å². The Morgan fingerprint density at radius 1 is 0.286 bits per heavy atom. The Kier molecular flexibility index (Phi) is 25.0. The Labute approximate surface area is 180 Å². The van der Waals surface area contributed by atoms with Crippen molar-refractivity contribution in [3.05, 3.63) is 0 Å². The van der Waals surface area contributed by atoms with Gasteiger partial charge in [-0.2, -0.15) is 0 Å². The summed E-state index contributed by atoms with van der Waals surface area (Å²) in [6.07, 6.45) is 30.2. The van der Waals surface area contributed by atoms with E-state index in [2.05, 4.69) is 25.7 Å². The van der Waals surface area contributed by atoms with Gasteiger partial charge in [0.05, 0.1) is 0 Å². The zero-order chi connectivity index (χ0) is 20.5. The number of unbranched alkanes of at least 4 members (excludes halogenated alkanes) is 18. The first-order valence-corrected chi connectivity index (χ1v) is 13.6. The Balaban J connectivity index is 3.76. The molecule has 0 unspecified atom stereocenters. The topological polar surface area (TPSA) is 3.24 Å². The molecule has 0 saturated carbocycles. The molecule has 1 nitrogen and oxygen atoms in total. The molecule has 0 radical (unpaired) electrons.